The summed E-state index contributed by atoms with van der Waals surface area (Å²) in [4.78, 5) is 25.3. The van der Waals surface area contributed by atoms with Crippen LogP contribution >= 0.6 is 0 Å². The lowest BCUT2D eigenvalue weighted by atomic mass is 9.98. The smallest absolute Gasteiger partial charge is 0.310 e. The summed E-state index contributed by atoms with van der Waals surface area (Å²) >= 11 is 0. The molecule has 0 saturated carbocycles. The highest BCUT2D eigenvalue weighted by atomic mass is 16.5. The normalized spacial score (nSPS) is 20.1. The molecule has 17 heavy (non-hydrogen) atoms. The standard InChI is InChI=1S/C13H23NO3/c1-3-5-8-12(15)14-9-6-7-11(10-14)13(16)17-4-2/h11H,3-10H2,1-2H3/t11-/m1/s1. The Hall–Kier alpha value is -1.06. The molecule has 1 atom stereocenters. The van der Waals surface area contributed by atoms with Gasteiger partial charge in [-0.25, -0.2) is 0 Å². The number of amides is 1. The van der Waals surface area contributed by atoms with Gasteiger partial charge in [-0.1, -0.05) is 13.3 Å². The van der Waals surface area contributed by atoms with Crippen molar-refractivity contribution < 1.29 is 14.3 Å². The average molecular weight is 241 g/mol. The number of unbranched alkanes of at least 4 members (excludes halogenated alkanes) is 1. The molecular weight excluding hydrogens is 218 g/mol. The molecule has 1 saturated heterocycles. The van der Waals surface area contributed by atoms with Gasteiger partial charge in [-0.05, 0) is 26.2 Å². The zero-order chi connectivity index (χ0) is 12.7. The van der Waals surface area contributed by atoms with Gasteiger partial charge in [0.25, 0.3) is 0 Å². The maximum Gasteiger partial charge on any atom is 0.310 e. The lowest BCUT2D eigenvalue weighted by molar-refractivity contribution is -0.151. The van der Waals surface area contributed by atoms with Gasteiger partial charge in [-0.15, -0.1) is 0 Å². The number of esters is 1. The van der Waals surface area contributed by atoms with Gasteiger partial charge in [0.2, 0.25) is 5.91 Å². The number of carbonyl (C=O) groups is 2. The third-order valence-electron chi connectivity index (χ3n) is 3.14. The highest BCUT2D eigenvalue weighted by Gasteiger charge is 2.28. The Balaban J connectivity index is 2.42. The predicted octanol–water partition coefficient (Wildman–Crippen LogP) is 1.98. The molecule has 1 rings (SSSR count). The monoisotopic (exact) mass is 241 g/mol. The van der Waals surface area contributed by atoms with Crippen molar-refractivity contribution in [3.05, 3.63) is 0 Å². The van der Waals surface area contributed by atoms with Crippen molar-refractivity contribution in [3.63, 3.8) is 0 Å². The number of nitrogens with zero attached hydrogens (tertiary/aromatic N) is 1. The molecule has 1 aliphatic rings. The highest BCUT2D eigenvalue weighted by Crippen LogP contribution is 2.19. The Bertz CT molecular complexity index is 265. The van der Waals surface area contributed by atoms with Crippen molar-refractivity contribution in [2.45, 2.75) is 46.0 Å². The topological polar surface area (TPSA) is 46.6 Å². The van der Waals surface area contributed by atoms with Crippen LogP contribution in [0.15, 0.2) is 0 Å². The maximum atomic E-state index is 11.9. The first-order chi connectivity index (χ1) is 8.19. The third-order valence-corrected chi connectivity index (χ3v) is 3.14. The van der Waals surface area contributed by atoms with E-state index in [2.05, 4.69) is 6.92 Å². The zero-order valence-electron chi connectivity index (χ0n) is 10.9. The number of hydrogen-bond donors (Lipinski definition) is 0. The van der Waals surface area contributed by atoms with Crippen LogP contribution in [-0.4, -0.2) is 36.5 Å². The minimum atomic E-state index is -0.152. The second-order valence-corrected chi connectivity index (χ2v) is 4.53. The van der Waals surface area contributed by atoms with Crippen molar-refractivity contribution >= 4 is 11.9 Å². The van der Waals surface area contributed by atoms with Crippen molar-refractivity contribution in [2.24, 2.45) is 5.92 Å². The summed E-state index contributed by atoms with van der Waals surface area (Å²) in [5.74, 6) is -0.0874. The molecule has 1 amide bonds. The van der Waals surface area contributed by atoms with E-state index in [-0.39, 0.29) is 17.8 Å². The average Bonchev–Trinajstić information content (AvgIpc) is 2.36. The summed E-state index contributed by atoms with van der Waals surface area (Å²) < 4.78 is 5.01. The Morgan fingerprint density at radius 1 is 1.35 bits per heavy atom. The highest BCUT2D eigenvalue weighted by molar-refractivity contribution is 5.78. The molecule has 1 heterocycles. The van der Waals surface area contributed by atoms with E-state index >= 15 is 0 Å². The molecule has 98 valence electrons. The summed E-state index contributed by atoms with van der Waals surface area (Å²) in [5, 5.41) is 0. The van der Waals surface area contributed by atoms with E-state index in [0.29, 0.717) is 19.6 Å². The Kier molecular flexibility index (Phi) is 6.01. The van der Waals surface area contributed by atoms with Crippen LogP contribution in [0, 0.1) is 5.92 Å². The van der Waals surface area contributed by atoms with E-state index in [9.17, 15) is 9.59 Å². The molecule has 1 fully saturated rings. The molecule has 0 radical (unpaired) electrons. The zero-order valence-corrected chi connectivity index (χ0v) is 10.9. The minimum absolute atomic E-state index is 0.116. The summed E-state index contributed by atoms with van der Waals surface area (Å²) in [5.41, 5.74) is 0. The van der Waals surface area contributed by atoms with Crippen LogP contribution in [0.2, 0.25) is 0 Å². The van der Waals surface area contributed by atoms with Gasteiger partial charge in [0.15, 0.2) is 0 Å². The maximum absolute atomic E-state index is 11.9. The van der Waals surface area contributed by atoms with E-state index in [1.165, 1.54) is 0 Å². The number of carbonyl (C=O) groups excluding carboxylic acids is 2. The second-order valence-electron chi connectivity index (χ2n) is 4.53. The number of ether oxygens (including phenoxy) is 1. The lowest BCUT2D eigenvalue weighted by Crippen LogP contribution is -2.42. The van der Waals surface area contributed by atoms with Crippen LogP contribution in [0.5, 0.6) is 0 Å². The lowest BCUT2D eigenvalue weighted by Gasteiger charge is -2.31. The van der Waals surface area contributed by atoms with Gasteiger partial charge in [0.05, 0.1) is 12.5 Å². The van der Waals surface area contributed by atoms with Crippen LogP contribution in [0.4, 0.5) is 0 Å². The van der Waals surface area contributed by atoms with Crippen LogP contribution < -0.4 is 0 Å². The van der Waals surface area contributed by atoms with Crippen LogP contribution in [0.3, 0.4) is 0 Å². The molecule has 0 aromatic rings. The summed E-state index contributed by atoms with van der Waals surface area (Å²) in [6.45, 7) is 5.63. The molecule has 0 unspecified atom stereocenters. The van der Waals surface area contributed by atoms with Gasteiger partial charge in [0, 0.05) is 19.5 Å². The fourth-order valence-electron chi connectivity index (χ4n) is 2.14. The summed E-state index contributed by atoms with van der Waals surface area (Å²) in [6.07, 6.45) is 4.31. The van der Waals surface area contributed by atoms with Gasteiger partial charge < -0.3 is 9.64 Å². The predicted molar refractivity (Wildman–Crippen MR) is 65.5 cm³/mol. The molecule has 4 heteroatoms. The van der Waals surface area contributed by atoms with Gasteiger partial charge >= 0.3 is 5.97 Å². The van der Waals surface area contributed by atoms with E-state index in [0.717, 1.165) is 32.2 Å². The van der Waals surface area contributed by atoms with Gasteiger partial charge in [0.1, 0.15) is 0 Å². The first-order valence-corrected chi connectivity index (χ1v) is 6.63. The molecule has 0 spiro atoms. The first-order valence-electron chi connectivity index (χ1n) is 6.63. The molecule has 0 aromatic carbocycles. The molecule has 1 aliphatic heterocycles. The Labute approximate surface area is 103 Å². The third kappa shape index (κ3) is 4.36. The van der Waals surface area contributed by atoms with E-state index in [4.69, 9.17) is 4.74 Å². The molecule has 4 nitrogen and oxygen atoms in total. The molecular formula is C13H23NO3. The number of rotatable bonds is 5. The van der Waals surface area contributed by atoms with Gasteiger partial charge in [-0.3, -0.25) is 9.59 Å². The molecule has 0 aromatic heterocycles. The van der Waals surface area contributed by atoms with Crippen molar-refractivity contribution in [3.8, 4) is 0 Å². The first kappa shape index (κ1) is 14.0. The molecule has 0 aliphatic carbocycles. The van der Waals surface area contributed by atoms with E-state index < -0.39 is 0 Å². The van der Waals surface area contributed by atoms with Crippen LogP contribution in [0.1, 0.15) is 46.0 Å². The second kappa shape index (κ2) is 7.30. The summed E-state index contributed by atoms with van der Waals surface area (Å²) in [7, 11) is 0. The Morgan fingerprint density at radius 3 is 2.76 bits per heavy atom. The summed E-state index contributed by atoms with van der Waals surface area (Å²) in [6, 6.07) is 0. The number of piperidine rings is 1. The van der Waals surface area contributed by atoms with Crippen molar-refractivity contribution in [1.29, 1.82) is 0 Å². The number of likely N-dealkylation sites (tertiary alicyclic amines) is 1. The Morgan fingerprint density at radius 2 is 2.12 bits per heavy atom. The fourth-order valence-corrected chi connectivity index (χ4v) is 2.14. The van der Waals surface area contributed by atoms with Gasteiger partial charge in [-0.2, -0.15) is 0 Å². The van der Waals surface area contributed by atoms with Crippen LogP contribution in [-0.2, 0) is 14.3 Å². The number of hydrogen-bond acceptors (Lipinski definition) is 3. The van der Waals surface area contributed by atoms with E-state index in [1.807, 2.05) is 11.8 Å². The van der Waals surface area contributed by atoms with Crippen molar-refractivity contribution in [1.82, 2.24) is 4.90 Å². The molecule has 0 bridgehead atoms. The quantitative estimate of drug-likeness (QED) is 0.691. The largest absolute Gasteiger partial charge is 0.466 e. The fraction of sp³-hybridized carbons (Fsp3) is 0.846. The SMILES string of the molecule is CCCCC(=O)N1CCC[C@@H](C(=O)OCC)C1. The van der Waals surface area contributed by atoms with Crippen LogP contribution in [0.25, 0.3) is 0 Å². The molecule has 0 N–H and O–H groups in total. The van der Waals surface area contributed by atoms with E-state index in [1.54, 1.807) is 0 Å². The van der Waals surface area contributed by atoms with Crippen molar-refractivity contribution in [2.75, 3.05) is 19.7 Å². The minimum Gasteiger partial charge on any atom is -0.466 e.